The van der Waals surface area contributed by atoms with Gasteiger partial charge in [-0.3, -0.25) is 4.79 Å². The number of benzene rings is 2. The second-order valence-electron chi connectivity index (χ2n) is 7.96. The molecule has 0 spiro atoms. The number of nitrogens with zero attached hydrogens (tertiary/aromatic N) is 1. The van der Waals surface area contributed by atoms with Gasteiger partial charge in [0.1, 0.15) is 5.75 Å². The second kappa shape index (κ2) is 11.8. The molecular weight excluding hydrogens is 512 g/mol. The van der Waals surface area contributed by atoms with Crippen molar-refractivity contribution in [2.45, 2.75) is 24.7 Å². The fourth-order valence-corrected chi connectivity index (χ4v) is 5.78. The number of nitrogens with one attached hydrogen (secondary N) is 1. The highest BCUT2D eigenvalue weighted by atomic mass is 35.5. The van der Waals surface area contributed by atoms with Crippen molar-refractivity contribution >= 4 is 39.2 Å². The maximum absolute atomic E-state index is 13.3. The van der Waals surface area contributed by atoms with E-state index in [2.05, 4.69) is 5.32 Å². The number of halogens is 1. The molecule has 10 nitrogen and oxygen atoms in total. The van der Waals surface area contributed by atoms with E-state index in [-0.39, 0.29) is 34.3 Å². The van der Waals surface area contributed by atoms with Crippen LogP contribution < -0.4 is 19.5 Å². The second-order valence-corrected chi connectivity index (χ2v) is 10.3. The van der Waals surface area contributed by atoms with Crippen molar-refractivity contribution < 1.29 is 37.0 Å². The van der Waals surface area contributed by atoms with Gasteiger partial charge in [-0.15, -0.1) is 0 Å². The summed E-state index contributed by atoms with van der Waals surface area (Å²) >= 11 is 6.19. The molecule has 3 rings (SSSR count). The third-order valence-electron chi connectivity index (χ3n) is 5.78. The Kier molecular flexibility index (Phi) is 9.04. The van der Waals surface area contributed by atoms with E-state index >= 15 is 0 Å². The largest absolute Gasteiger partial charge is 0.493 e. The molecule has 0 radical (unpaired) electrons. The van der Waals surface area contributed by atoms with E-state index in [1.807, 2.05) is 0 Å². The molecule has 2 aromatic carbocycles. The van der Waals surface area contributed by atoms with E-state index in [0.717, 1.165) is 0 Å². The van der Waals surface area contributed by atoms with Gasteiger partial charge >= 0.3 is 5.97 Å². The Morgan fingerprint density at radius 1 is 1.08 bits per heavy atom. The number of carbonyl (C=O) groups is 2. The standard InChI is InChI=1S/C24H29ClN2O8S/c1-5-35-20-9-8-16(11-18(20)25)36(30,31)27-10-6-7-15(14-27)23(28)26-19-13-22(33-3)21(32-2)12-17(19)24(29)34-4/h8-9,11-13,15H,5-7,10,14H2,1-4H3,(H,26,28)/t15-/m1/s1. The lowest BCUT2D eigenvalue weighted by molar-refractivity contribution is -0.120. The number of methoxy groups -OCH3 is 3. The number of rotatable bonds is 9. The summed E-state index contributed by atoms with van der Waals surface area (Å²) in [6.45, 7) is 2.43. The fraction of sp³-hybridized carbons (Fsp3) is 0.417. The van der Waals surface area contributed by atoms with Crippen molar-refractivity contribution in [1.29, 1.82) is 0 Å². The summed E-state index contributed by atoms with van der Waals surface area (Å²) in [4.78, 5) is 25.5. The molecule has 1 heterocycles. The molecule has 1 aliphatic heterocycles. The van der Waals surface area contributed by atoms with Crippen molar-refractivity contribution in [1.82, 2.24) is 4.31 Å². The summed E-state index contributed by atoms with van der Waals surface area (Å²) in [5, 5.41) is 2.92. The molecule has 0 bridgehead atoms. The summed E-state index contributed by atoms with van der Waals surface area (Å²) in [6.07, 6.45) is 0.959. The van der Waals surface area contributed by atoms with Crippen LogP contribution in [0, 0.1) is 5.92 Å². The number of anilines is 1. The molecule has 1 aliphatic rings. The van der Waals surface area contributed by atoms with Gasteiger partial charge in [0.15, 0.2) is 11.5 Å². The number of sulfonamides is 1. The van der Waals surface area contributed by atoms with Gasteiger partial charge in [0.25, 0.3) is 0 Å². The van der Waals surface area contributed by atoms with E-state index in [4.69, 9.17) is 30.5 Å². The van der Waals surface area contributed by atoms with Crippen LogP contribution in [0.3, 0.4) is 0 Å². The zero-order valence-corrected chi connectivity index (χ0v) is 22.1. The van der Waals surface area contributed by atoms with E-state index in [0.29, 0.717) is 36.7 Å². The predicted octanol–water partition coefficient (Wildman–Crippen LogP) is 3.58. The van der Waals surface area contributed by atoms with Gasteiger partial charge in [-0.2, -0.15) is 4.31 Å². The molecule has 0 aromatic heterocycles. The Labute approximate surface area is 215 Å². The molecule has 196 valence electrons. The Hall–Kier alpha value is -3.02. The van der Waals surface area contributed by atoms with Crippen LogP contribution in [-0.2, 0) is 19.6 Å². The first-order chi connectivity index (χ1) is 17.2. The zero-order valence-electron chi connectivity index (χ0n) is 20.5. The van der Waals surface area contributed by atoms with Gasteiger partial charge in [-0.25, -0.2) is 13.2 Å². The number of hydrogen-bond acceptors (Lipinski definition) is 8. The van der Waals surface area contributed by atoms with Crippen molar-refractivity contribution in [3.63, 3.8) is 0 Å². The summed E-state index contributed by atoms with van der Waals surface area (Å²) in [6, 6.07) is 7.16. The third kappa shape index (κ3) is 5.85. The highest BCUT2D eigenvalue weighted by Crippen LogP contribution is 2.35. The van der Waals surface area contributed by atoms with Crippen molar-refractivity contribution in [3.05, 3.63) is 40.9 Å². The van der Waals surface area contributed by atoms with Gasteiger partial charge in [0.05, 0.1) is 55.0 Å². The van der Waals surface area contributed by atoms with Crippen LogP contribution in [0.5, 0.6) is 17.2 Å². The van der Waals surface area contributed by atoms with E-state index < -0.39 is 27.8 Å². The minimum atomic E-state index is -3.90. The summed E-state index contributed by atoms with van der Waals surface area (Å²) in [5.74, 6) is -0.764. The van der Waals surface area contributed by atoms with Crippen LogP contribution in [0.4, 0.5) is 5.69 Å². The van der Waals surface area contributed by atoms with Gasteiger partial charge < -0.3 is 24.3 Å². The minimum absolute atomic E-state index is 0.0184. The van der Waals surface area contributed by atoms with Gasteiger partial charge in [0, 0.05) is 25.2 Å². The molecule has 2 aromatic rings. The molecule has 0 unspecified atom stereocenters. The lowest BCUT2D eigenvalue weighted by Crippen LogP contribution is -2.43. The van der Waals surface area contributed by atoms with Crippen LogP contribution >= 0.6 is 11.6 Å². The topological polar surface area (TPSA) is 120 Å². The Balaban J connectivity index is 1.82. The molecule has 12 heteroatoms. The molecule has 0 saturated carbocycles. The molecule has 1 amide bonds. The first-order valence-electron chi connectivity index (χ1n) is 11.2. The normalized spacial score (nSPS) is 16.2. The quantitative estimate of drug-likeness (QED) is 0.479. The van der Waals surface area contributed by atoms with Gasteiger partial charge in [-0.1, -0.05) is 11.6 Å². The van der Waals surface area contributed by atoms with E-state index in [9.17, 15) is 18.0 Å². The molecule has 1 atom stereocenters. The smallest absolute Gasteiger partial charge is 0.340 e. The van der Waals surface area contributed by atoms with Gasteiger partial charge in [-0.05, 0) is 38.0 Å². The molecule has 36 heavy (non-hydrogen) atoms. The van der Waals surface area contributed by atoms with Gasteiger partial charge in [0.2, 0.25) is 15.9 Å². The monoisotopic (exact) mass is 540 g/mol. The highest BCUT2D eigenvalue weighted by molar-refractivity contribution is 7.89. The van der Waals surface area contributed by atoms with Crippen LogP contribution in [0.15, 0.2) is 35.2 Å². The minimum Gasteiger partial charge on any atom is -0.493 e. The van der Waals surface area contributed by atoms with Crippen molar-refractivity contribution in [2.75, 3.05) is 46.3 Å². The Morgan fingerprint density at radius 3 is 2.39 bits per heavy atom. The van der Waals surface area contributed by atoms with Crippen molar-refractivity contribution in [2.24, 2.45) is 5.92 Å². The predicted molar refractivity (Wildman–Crippen MR) is 134 cm³/mol. The van der Waals surface area contributed by atoms with Crippen LogP contribution in [0.2, 0.25) is 5.02 Å². The molecule has 0 aliphatic carbocycles. The average Bonchev–Trinajstić information content (AvgIpc) is 2.89. The molecular formula is C24H29ClN2O8S. The first-order valence-corrected chi connectivity index (χ1v) is 13.1. The number of amides is 1. The lowest BCUT2D eigenvalue weighted by Gasteiger charge is -2.31. The summed E-state index contributed by atoms with van der Waals surface area (Å²) in [7, 11) is 0.177. The maximum atomic E-state index is 13.3. The molecule has 1 fully saturated rings. The summed E-state index contributed by atoms with van der Waals surface area (Å²) < 4.78 is 48.5. The summed E-state index contributed by atoms with van der Waals surface area (Å²) in [5.41, 5.74) is 0.246. The Bertz CT molecular complexity index is 1230. The number of ether oxygens (including phenoxy) is 4. The average molecular weight is 541 g/mol. The zero-order chi connectivity index (χ0) is 26.5. The number of esters is 1. The SMILES string of the molecule is CCOc1ccc(S(=O)(=O)N2CCC[C@@H](C(=O)Nc3cc(OC)c(OC)cc3C(=O)OC)C2)cc1Cl. The van der Waals surface area contributed by atoms with Crippen LogP contribution in [0.1, 0.15) is 30.1 Å². The van der Waals surface area contributed by atoms with E-state index in [1.165, 1.54) is 56.0 Å². The lowest BCUT2D eigenvalue weighted by atomic mass is 9.98. The Morgan fingerprint density at radius 2 is 1.78 bits per heavy atom. The first kappa shape index (κ1) is 27.6. The molecule has 1 saturated heterocycles. The van der Waals surface area contributed by atoms with E-state index in [1.54, 1.807) is 6.92 Å². The van der Waals surface area contributed by atoms with Crippen LogP contribution in [-0.4, -0.2) is 65.6 Å². The van der Waals surface area contributed by atoms with Crippen molar-refractivity contribution in [3.8, 4) is 17.2 Å². The third-order valence-corrected chi connectivity index (χ3v) is 7.94. The van der Waals surface area contributed by atoms with Crippen LogP contribution in [0.25, 0.3) is 0 Å². The number of piperidine rings is 1. The number of hydrogen-bond donors (Lipinski definition) is 1. The fourth-order valence-electron chi connectivity index (χ4n) is 3.93. The maximum Gasteiger partial charge on any atom is 0.340 e. The number of carbonyl (C=O) groups excluding carboxylic acids is 2. The molecule has 1 N–H and O–H groups in total. The highest BCUT2D eigenvalue weighted by Gasteiger charge is 2.34.